The lowest BCUT2D eigenvalue weighted by Gasteiger charge is -2.36. The van der Waals surface area contributed by atoms with E-state index in [-0.39, 0.29) is 22.8 Å². The van der Waals surface area contributed by atoms with E-state index in [2.05, 4.69) is 19.2 Å². The third kappa shape index (κ3) is 5.12. The molecule has 3 atom stereocenters. The molecular weight excluding hydrogens is 388 g/mol. The predicted molar refractivity (Wildman–Crippen MR) is 113 cm³/mol. The van der Waals surface area contributed by atoms with Gasteiger partial charge < -0.3 is 10.1 Å². The molecule has 1 aliphatic heterocycles. The molecule has 6 nitrogen and oxygen atoms in total. The van der Waals surface area contributed by atoms with Gasteiger partial charge in [0.2, 0.25) is 15.9 Å². The van der Waals surface area contributed by atoms with Crippen molar-refractivity contribution in [2.45, 2.75) is 63.8 Å². The molecule has 0 spiro atoms. The zero-order chi connectivity index (χ0) is 21.0. The van der Waals surface area contributed by atoms with Crippen molar-refractivity contribution in [1.82, 2.24) is 9.62 Å². The molecule has 1 N–H and O–H groups in total. The maximum Gasteiger partial charge on any atom is 0.243 e. The van der Waals surface area contributed by atoms with Gasteiger partial charge in [0.1, 0.15) is 5.75 Å². The van der Waals surface area contributed by atoms with E-state index in [1.165, 1.54) is 10.7 Å². The second-order valence-electron chi connectivity index (χ2n) is 8.47. The molecule has 0 radical (unpaired) electrons. The third-order valence-corrected chi connectivity index (χ3v) is 8.54. The van der Waals surface area contributed by atoms with E-state index in [9.17, 15) is 13.2 Å². The van der Waals surface area contributed by atoms with Crippen LogP contribution in [0.4, 0.5) is 0 Å². The average Bonchev–Trinajstić information content (AvgIpc) is 2.72. The van der Waals surface area contributed by atoms with Crippen LogP contribution in [0.1, 0.15) is 52.9 Å². The summed E-state index contributed by atoms with van der Waals surface area (Å²) < 4.78 is 32.7. The molecular formula is C22H34N2O4S. The van der Waals surface area contributed by atoms with Gasteiger partial charge in [-0.3, -0.25) is 4.79 Å². The first kappa shape index (κ1) is 22.1. The van der Waals surface area contributed by atoms with E-state index in [4.69, 9.17) is 4.74 Å². The maximum atomic E-state index is 12.9. The molecule has 0 bridgehead atoms. The Labute approximate surface area is 175 Å². The van der Waals surface area contributed by atoms with Crippen LogP contribution >= 0.6 is 0 Å². The van der Waals surface area contributed by atoms with E-state index in [0.29, 0.717) is 50.1 Å². The fourth-order valence-corrected chi connectivity index (χ4v) is 5.94. The van der Waals surface area contributed by atoms with Crippen LogP contribution in [0, 0.1) is 17.8 Å². The molecule has 1 saturated carbocycles. The van der Waals surface area contributed by atoms with Crippen molar-refractivity contribution in [3.63, 3.8) is 0 Å². The number of ether oxygens (including phenoxy) is 1. The molecule has 1 heterocycles. The molecule has 162 valence electrons. The molecule has 2 aliphatic rings. The number of carbonyl (C=O) groups is 1. The number of amides is 1. The summed E-state index contributed by atoms with van der Waals surface area (Å²) >= 11 is 0. The summed E-state index contributed by atoms with van der Waals surface area (Å²) in [6.45, 7) is 7.67. The predicted octanol–water partition coefficient (Wildman–Crippen LogP) is 3.43. The Bertz CT molecular complexity index is 786. The lowest BCUT2D eigenvalue weighted by atomic mass is 9.78. The van der Waals surface area contributed by atoms with Crippen LogP contribution in [0.25, 0.3) is 0 Å². The standard InChI is InChI=1S/C22H34N2O4S/c1-4-28-19-8-10-20(11-9-19)29(26,27)24-14-12-18(13-15-24)22(25)23-21-7-5-6-16(2)17(21)3/h8-11,16-18,21H,4-7,12-15H2,1-3H3,(H,23,25)/t16-,17-,21+/m0/s1. The molecule has 0 unspecified atom stereocenters. The minimum Gasteiger partial charge on any atom is -0.494 e. The van der Waals surface area contributed by atoms with Crippen LogP contribution in [0.3, 0.4) is 0 Å². The van der Waals surface area contributed by atoms with Gasteiger partial charge in [0, 0.05) is 25.0 Å². The van der Waals surface area contributed by atoms with E-state index >= 15 is 0 Å². The van der Waals surface area contributed by atoms with Crippen LogP contribution in [-0.2, 0) is 14.8 Å². The van der Waals surface area contributed by atoms with Gasteiger partial charge in [-0.25, -0.2) is 8.42 Å². The molecule has 1 saturated heterocycles. The van der Waals surface area contributed by atoms with Gasteiger partial charge >= 0.3 is 0 Å². The first-order valence-corrected chi connectivity index (χ1v) is 12.3. The Kier molecular flexibility index (Phi) is 7.22. The van der Waals surface area contributed by atoms with Crippen molar-refractivity contribution >= 4 is 15.9 Å². The molecule has 1 aliphatic carbocycles. The van der Waals surface area contributed by atoms with E-state index in [0.717, 1.165) is 12.8 Å². The SMILES string of the molecule is CCOc1ccc(S(=O)(=O)N2CCC(C(=O)N[C@@H]3CCC[C@H](C)[C@@H]3C)CC2)cc1. The lowest BCUT2D eigenvalue weighted by molar-refractivity contribution is -0.127. The van der Waals surface area contributed by atoms with Gasteiger partial charge in [-0.15, -0.1) is 0 Å². The number of hydrogen-bond donors (Lipinski definition) is 1. The quantitative estimate of drug-likeness (QED) is 0.762. The van der Waals surface area contributed by atoms with E-state index in [1.807, 2.05) is 6.92 Å². The van der Waals surface area contributed by atoms with Gasteiger partial charge in [-0.05, 0) is 62.3 Å². The summed E-state index contributed by atoms with van der Waals surface area (Å²) in [5.41, 5.74) is 0. The van der Waals surface area contributed by atoms with Gasteiger partial charge in [-0.1, -0.05) is 26.7 Å². The molecule has 1 aromatic rings. The summed E-state index contributed by atoms with van der Waals surface area (Å²) in [4.78, 5) is 13.0. The highest BCUT2D eigenvalue weighted by molar-refractivity contribution is 7.89. The molecule has 29 heavy (non-hydrogen) atoms. The molecule has 3 rings (SSSR count). The molecule has 0 aromatic heterocycles. The minimum absolute atomic E-state index is 0.0917. The molecule has 1 amide bonds. The minimum atomic E-state index is -3.54. The Hall–Kier alpha value is -1.60. The van der Waals surface area contributed by atoms with Crippen LogP contribution in [-0.4, -0.2) is 44.4 Å². The fourth-order valence-electron chi connectivity index (χ4n) is 4.47. The Morgan fingerprint density at radius 3 is 2.38 bits per heavy atom. The first-order chi connectivity index (χ1) is 13.8. The Morgan fingerprint density at radius 1 is 1.10 bits per heavy atom. The fraction of sp³-hybridized carbons (Fsp3) is 0.682. The van der Waals surface area contributed by atoms with Crippen molar-refractivity contribution < 1.29 is 17.9 Å². The lowest BCUT2D eigenvalue weighted by Crippen LogP contribution is -2.48. The zero-order valence-electron chi connectivity index (χ0n) is 17.8. The van der Waals surface area contributed by atoms with Crippen molar-refractivity contribution in [3.05, 3.63) is 24.3 Å². The second-order valence-corrected chi connectivity index (χ2v) is 10.4. The van der Waals surface area contributed by atoms with Crippen molar-refractivity contribution in [2.24, 2.45) is 17.8 Å². The monoisotopic (exact) mass is 422 g/mol. The highest BCUT2D eigenvalue weighted by Gasteiger charge is 2.34. The Balaban J connectivity index is 1.55. The number of benzene rings is 1. The number of carbonyl (C=O) groups excluding carboxylic acids is 1. The number of rotatable bonds is 6. The average molecular weight is 423 g/mol. The summed E-state index contributed by atoms with van der Waals surface area (Å²) in [6, 6.07) is 6.79. The Morgan fingerprint density at radius 2 is 1.76 bits per heavy atom. The van der Waals surface area contributed by atoms with Crippen molar-refractivity contribution in [3.8, 4) is 5.75 Å². The van der Waals surface area contributed by atoms with E-state index in [1.54, 1.807) is 24.3 Å². The second kappa shape index (κ2) is 9.47. The van der Waals surface area contributed by atoms with Crippen LogP contribution in [0.2, 0.25) is 0 Å². The van der Waals surface area contributed by atoms with Crippen molar-refractivity contribution in [1.29, 1.82) is 0 Å². The van der Waals surface area contributed by atoms with E-state index < -0.39 is 10.0 Å². The highest BCUT2D eigenvalue weighted by Crippen LogP contribution is 2.30. The molecule has 2 fully saturated rings. The number of hydrogen-bond acceptors (Lipinski definition) is 4. The first-order valence-electron chi connectivity index (χ1n) is 10.9. The molecule has 7 heteroatoms. The number of sulfonamides is 1. The van der Waals surface area contributed by atoms with Crippen molar-refractivity contribution in [2.75, 3.05) is 19.7 Å². The third-order valence-electron chi connectivity index (χ3n) is 6.63. The number of nitrogens with zero attached hydrogens (tertiary/aromatic N) is 1. The smallest absolute Gasteiger partial charge is 0.243 e. The topological polar surface area (TPSA) is 75.7 Å². The largest absolute Gasteiger partial charge is 0.494 e. The normalized spacial score (nSPS) is 26.8. The van der Waals surface area contributed by atoms with Gasteiger partial charge in [0.25, 0.3) is 0 Å². The number of nitrogens with one attached hydrogen (secondary N) is 1. The van der Waals surface area contributed by atoms with Crippen LogP contribution in [0.15, 0.2) is 29.2 Å². The van der Waals surface area contributed by atoms with Gasteiger partial charge in [-0.2, -0.15) is 4.31 Å². The van der Waals surface area contributed by atoms with Gasteiger partial charge in [0.05, 0.1) is 11.5 Å². The van der Waals surface area contributed by atoms with Crippen LogP contribution in [0.5, 0.6) is 5.75 Å². The van der Waals surface area contributed by atoms with Crippen LogP contribution < -0.4 is 10.1 Å². The summed E-state index contributed by atoms with van der Waals surface area (Å²) in [6.07, 6.45) is 4.57. The molecule has 1 aromatic carbocycles. The van der Waals surface area contributed by atoms with Gasteiger partial charge in [0.15, 0.2) is 0 Å². The summed E-state index contributed by atoms with van der Waals surface area (Å²) in [5.74, 6) is 1.77. The summed E-state index contributed by atoms with van der Waals surface area (Å²) in [7, 11) is -3.54. The number of piperidine rings is 1. The highest BCUT2D eigenvalue weighted by atomic mass is 32.2. The summed E-state index contributed by atoms with van der Waals surface area (Å²) in [5, 5.41) is 3.25. The zero-order valence-corrected chi connectivity index (χ0v) is 18.6. The maximum absolute atomic E-state index is 12.9.